The number of hydrogen-bond acceptors (Lipinski definition) is 3. The summed E-state index contributed by atoms with van der Waals surface area (Å²) in [6.07, 6.45) is -0.338. The Balaban J connectivity index is 1.69. The Labute approximate surface area is 164 Å². The van der Waals surface area contributed by atoms with Gasteiger partial charge in [0, 0.05) is 35.8 Å². The van der Waals surface area contributed by atoms with Crippen molar-refractivity contribution in [2.75, 3.05) is 11.9 Å². The Morgan fingerprint density at radius 1 is 1.14 bits per heavy atom. The molecule has 5 nitrogen and oxygen atoms in total. The highest BCUT2D eigenvalue weighted by atomic mass is 35.5. The first kappa shape index (κ1) is 20.2. The molecule has 0 radical (unpaired) electrons. The van der Waals surface area contributed by atoms with Gasteiger partial charge in [0.1, 0.15) is 12.4 Å². The Morgan fingerprint density at radius 3 is 2.61 bits per heavy atom. The van der Waals surface area contributed by atoms with Crippen LogP contribution in [0.5, 0.6) is 0 Å². The van der Waals surface area contributed by atoms with Crippen LogP contribution in [-0.4, -0.2) is 29.3 Å². The molecule has 0 saturated heterocycles. The van der Waals surface area contributed by atoms with Gasteiger partial charge < -0.3 is 16.0 Å². The van der Waals surface area contributed by atoms with E-state index in [-0.39, 0.29) is 37.4 Å². The number of amides is 2. The Kier molecular flexibility index (Phi) is 5.90. The summed E-state index contributed by atoms with van der Waals surface area (Å²) in [5.74, 6) is -4.19. The molecule has 0 spiro atoms. The summed E-state index contributed by atoms with van der Waals surface area (Å²) >= 11 is 5.93. The number of nitrogens with two attached hydrogens (primary N) is 1. The molecular weight excluding hydrogens is 395 g/mol. The molecule has 28 heavy (non-hydrogen) atoms. The molecule has 2 amide bonds. The van der Waals surface area contributed by atoms with Gasteiger partial charge in [-0.3, -0.25) is 9.59 Å². The fraction of sp³-hybridized carbons (Fsp3) is 0.263. The number of nitrogens with one attached hydrogen (secondary N) is 1. The fourth-order valence-corrected chi connectivity index (χ4v) is 3.20. The van der Waals surface area contributed by atoms with Gasteiger partial charge >= 0.3 is 0 Å². The van der Waals surface area contributed by atoms with E-state index in [1.54, 1.807) is 18.2 Å². The molecule has 0 bridgehead atoms. The Bertz CT molecular complexity index is 939. The van der Waals surface area contributed by atoms with Crippen LogP contribution in [0.2, 0.25) is 5.02 Å². The van der Waals surface area contributed by atoms with E-state index >= 15 is 0 Å². The van der Waals surface area contributed by atoms with E-state index in [4.69, 9.17) is 17.3 Å². The summed E-state index contributed by atoms with van der Waals surface area (Å²) in [6, 6.07) is 5.30. The largest absolute Gasteiger partial charge is 0.329 e. The van der Waals surface area contributed by atoms with E-state index in [1.165, 1.54) is 4.90 Å². The van der Waals surface area contributed by atoms with Gasteiger partial charge in [-0.25, -0.2) is 13.2 Å². The lowest BCUT2D eigenvalue weighted by Crippen LogP contribution is -2.39. The van der Waals surface area contributed by atoms with Crippen molar-refractivity contribution in [2.24, 2.45) is 5.73 Å². The monoisotopic (exact) mass is 411 g/mol. The van der Waals surface area contributed by atoms with Crippen LogP contribution in [0.3, 0.4) is 0 Å². The van der Waals surface area contributed by atoms with Crippen molar-refractivity contribution in [3.05, 3.63) is 63.9 Å². The number of benzene rings is 2. The van der Waals surface area contributed by atoms with Crippen molar-refractivity contribution < 1.29 is 22.8 Å². The third-order valence-electron chi connectivity index (χ3n) is 4.40. The van der Waals surface area contributed by atoms with Crippen molar-refractivity contribution in [1.82, 2.24) is 4.90 Å². The highest BCUT2D eigenvalue weighted by molar-refractivity contribution is 6.31. The minimum Gasteiger partial charge on any atom is -0.329 e. The van der Waals surface area contributed by atoms with Gasteiger partial charge in [-0.1, -0.05) is 17.7 Å². The lowest BCUT2D eigenvalue weighted by atomic mass is 10.0. The van der Waals surface area contributed by atoms with Crippen LogP contribution in [0.15, 0.2) is 30.3 Å². The van der Waals surface area contributed by atoms with Crippen LogP contribution in [0.25, 0.3) is 0 Å². The molecule has 9 heteroatoms. The highest BCUT2D eigenvalue weighted by Crippen LogP contribution is 2.25. The summed E-state index contributed by atoms with van der Waals surface area (Å²) in [5.41, 5.74) is 7.03. The number of carbonyl (C=O) groups is 2. The van der Waals surface area contributed by atoms with Gasteiger partial charge in [0.05, 0.1) is 0 Å². The topological polar surface area (TPSA) is 75.4 Å². The van der Waals surface area contributed by atoms with Gasteiger partial charge in [0.2, 0.25) is 11.8 Å². The quantitative estimate of drug-likeness (QED) is 0.759. The lowest BCUT2D eigenvalue weighted by molar-refractivity contribution is -0.135. The first-order chi connectivity index (χ1) is 13.2. The minimum atomic E-state index is -1.29. The minimum absolute atomic E-state index is 0.118. The molecule has 2 aromatic rings. The molecule has 1 aliphatic heterocycles. The van der Waals surface area contributed by atoms with Gasteiger partial charge in [-0.15, -0.1) is 0 Å². The molecule has 3 rings (SSSR count). The zero-order chi connectivity index (χ0) is 20.4. The average molecular weight is 412 g/mol. The maximum Gasteiger partial charge on any atom is 0.244 e. The van der Waals surface area contributed by atoms with Crippen molar-refractivity contribution >= 4 is 29.1 Å². The molecule has 1 atom stereocenters. The molecule has 148 valence electrons. The number of carbonyl (C=O) groups excluding carboxylic acids is 2. The Morgan fingerprint density at radius 2 is 1.86 bits per heavy atom. The van der Waals surface area contributed by atoms with E-state index < -0.39 is 29.4 Å². The zero-order valence-electron chi connectivity index (χ0n) is 14.6. The van der Waals surface area contributed by atoms with Crippen LogP contribution in [0.4, 0.5) is 18.9 Å². The molecular formula is C19H17ClF3N3O2. The number of hydrogen-bond donors (Lipinski definition) is 2. The van der Waals surface area contributed by atoms with Crippen molar-refractivity contribution in [1.29, 1.82) is 0 Å². The number of fused-ring (bicyclic) bond motifs is 1. The molecule has 0 aromatic heterocycles. The van der Waals surface area contributed by atoms with Gasteiger partial charge in [-0.05, 0) is 35.7 Å². The molecule has 2 aromatic carbocycles. The van der Waals surface area contributed by atoms with E-state index in [9.17, 15) is 22.8 Å². The van der Waals surface area contributed by atoms with Gasteiger partial charge in [0.25, 0.3) is 0 Å². The third kappa shape index (κ3) is 4.63. The van der Waals surface area contributed by atoms with Crippen LogP contribution in [-0.2, 0) is 22.6 Å². The van der Waals surface area contributed by atoms with Gasteiger partial charge in [0.15, 0.2) is 11.6 Å². The molecule has 3 N–H and O–H groups in total. The summed E-state index contributed by atoms with van der Waals surface area (Å²) in [7, 11) is 0. The second-order valence-electron chi connectivity index (χ2n) is 6.63. The molecule has 1 heterocycles. The standard InChI is InChI=1S/C19H17ClF3N3O2/c20-12-2-1-10-8-26(9-18(27)25-17(10)5-12)19(28)6-13(24)3-11-4-15(22)16(23)7-14(11)21/h1-2,4-5,7,13H,3,6,8-9,24H2,(H,25,27)/t13-/m1/s1. The average Bonchev–Trinajstić information content (AvgIpc) is 2.77. The smallest absolute Gasteiger partial charge is 0.244 e. The molecule has 1 aliphatic rings. The SMILES string of the molecule is N[C@@H](CC(=O)N1CC(=O)Nc2cc(Cl)ccc2C1)Cc1cc(F)c(F)cc1F. The number of anilines is 1. The summed E-state index contributed by atoms with van der Waals surface area (Å²) in [4.78, 5) is 26.0. The van der Waals surface area contributed by atoms with Crippen LogP contribution in [0, 0.1) is 17.5 Å². The van der Waals surface area contributed by atoms with Crippen molar-refractivity contribution in [3.8, 4) is 0 Å². The maximum atomic E-state index is 13.8. The van der Waals surface area contributed by atoms with E-state index in [0.29, 0.717) is 22.3 Å². The second kappa shape index (κ2) is 8.20. The molecule has 0 saturated carbocycles. The summed E-state index contributed by atoms with van der Waals surface area (Å²) in [6.45, 7) is 0.00766. The van der Waals surface area contributed by atoms with E-state index in [2.05, 4.69) is 5.32 Å². The molecule has 0 unspecified atom stereocenters. The lowest BCUT2D eigenvalue weighted by Gasteiger charge is -2.22. The number of rotatable bonds is 4. The predicted octanol–water partition coefficient (Wildman–Crippen LogP) is 3.00. The number of nitrogens with zero attached hydrogens (tertiary/aromatic N) is 1. The zero-order valence-corrected chi connectivity index (χ0v) is 15.4. The van der Waals surface area contributed by atoms with E-state index in [0.717, 1.165) is 6.07 Å². The van der Waals surface area contributed by atoms with Gasteiger partial charge in [-0.2, -0.15) is 0 Å². The fourth-order valence-electron chi connectivity index (χ4n) is 3.03. The van der Waals surface area contributed by atoms with E-state index in [1.807, 2.05) is 0 Å². The van der Waals surface area contributed by atoms with Crippen molar-refractivity contribution in [2.45, 2.75) is 25.4 Å². The summed E-state index contributed by atoms with van der Waals surface area (Å²) < 4.78 is 40.1. The third-order valence-corrected chi connectivity index (χ3v) is 4.64. The highest BCUT2D eigenvalue weighted by Gasteiger charge is 2.25. The molecule has 0 fully saturated rings. The normalized spacial score (nSPS) is 14.9. The number of halogens is 4. The second-order valence-corrected chi connectivity index (χ2v) is 7.06. The first-order valence-electron chi connectivity index (χ1n) is 8.48. The predicted molar refractivity (Wildman–Crippen MR) is 98.1 cm³/mol. The van der Waals surface area contributed by atoms with Crippen LogP contribution in [0.1, 0.15) is 17.5 Å². The molecule has 0 aliphatic carbocycles. The summed E-state index contributed by atoms with van der Waals surface area (Å²) in [5, 5.41) is 3.14. The Hall–Kier alpha value is -2.58. The first-order valence-corrected chi connectivity index (χ1v) is 8.85. The van der Waals surface area contributed by atoms with Crippen LogP contribution >= 0.6 is 11.6 Å². The van der Waals surface area contributed by atoms with Crippen LogP contribution < -0.4 is 11.1 Å². The maximum absolute atomic E-state index is 13.8. The van der Waals surface area contributed by atoms with Crippen molar-refractivity contribution in [3.63, 3.8) is 0 Å².